The van der Waals surface area contributed by atoms with Crippen LogP contribution in [0.5, 0.6) is 0 Å². The van der Waals surface area contributed by atoms with Crippen LogP contribution in [0.15, 0.2) is 47.5 Å². The van der Waals surface area contributed by atoms with Crippen molar-refractivity contribution >= 4 is 27.4 Å². The summed E-state index contributed by atoms with van der Waals surface area (Å²) in [4.78, 5) is 8.91. The van der Waals surface area contributed by atoms with Gasteiger partial charge in [0, 0.05) is 56.1 Å². The summed E-state index contributed by atoms with van der Waals surface area (Å²) in [6, 6.07) is 11.1. The molecule has 2 saturated heterocycles. The van der Waals surface area contributed by atoms with E-state index in [1.54, 1.807) is 12.1 Å². The lowest BCUT2D eigenvalue weighted by Gasteiger charge is -2.34. The molecule has 29 heavy (non-hydrogen) atoms. The van der Waals surface area contributed by atoms with Crippen molar-refractivity contribution in [1.29, 1.82) is 0 Å². The van der Waals surface area contributed by atoms with Crippen LogP contribution in [0, 0.1) is 0 Å². The van der Waals surface area contributed by atoms with E-state index in [2.05, 4.69) is 14.8 Å². The smallest absolute Gasteiger partial charge is 0.244 e. The van der Waals surface area contributed by atoms with Gasteiger partial charge in [-0.05, 0) is 25.2 Å². The fourth-order valence-corrected chi connectivity index (χ4v) is 5.30. The van der Waals surface area contributed by atoms with Crippen LogP contribution in [0.25, 0.3) is 0 Å². The largest absolute Gasteiger partial charge is 0.370 e. The van der Waals surface area contributed by atoms with E-state index >= 15 is 0 Å². The Labute approximate surface area is 176 Å². The van der Waals surface area contributed by atoms with Crippen molar-refractivity contribution < 1.29 is 13.2 Å². The number of piperazine rings is 1. The molecule has 1 unspecified atom stereocenters. The summed E-state index contributed by atoms with van der Waals surface area (Å²) in [6.45, 7) is 4.34. The van der Waals surface area contributed by atoms with Gasteiger partial charge < -0.3 is 14.5 Å². The number of nitrogens with zero attached hydrogens (tertiary/aromatic N) is 4. The quantitative estimate of drug-likeness (QED) is 0.732. The summed E-state index contributed by atoms with van der Waals surface area (Å²) in [6.07, 6.45) is 1.32. The number of sulfonamides is 1. The Bertz CT molecular complexity index is 946. The Morgan fingerprint density at radius 3 is 2.52 bits per heavy atom. The van der Waals surface area contributed by atoms with E-state index in [0.717, 1.165) is 24.5 Å². The molecule has 0 saturated carbocycles. The van der Waals surface area contributed by atoms with Crippen molar-refractivity contribution in [3.05, 3.63) is 53.2 Å². The second-order valence-corrected chi connectivity index (χ2v) is 9.73. The van der Waals surface area contributed by atoms with E-state index in [-0.39, 0.29) is 11.0 Å². The Morgan fingerprint density at radius 2 is 1.83 bits per heavy atom. The van der Waals surface area contributed by atoms with Gasteiger partial charge >= 0.3 is 0 Å². The number of rotatable bonds is 4. The minimum atomic E-state index is -3.51. The summed E-state index contributed by atoms with van der Waals surface area (Å²) in [7, 11) is -1.51. The number of pyridine rings is 1. The third kappa shape index (κ3) is 4.41. The highest BCUT2D eigenvalue weighted by atomic mass is 35.5. The molecule has 2 aromatic rings. The Balaban J connectivity index is 1.48. The van der Waals surface area contributed by atoms with Crippen molar-refractivity contribution in [2.24, 2.45) is 0 Å². The van der Waals surface area contributed by atoms with E-state index in [4.69, 9.17) is 16.3 Å². The standard InChI is InChI=1S/C20H25ClN4O3S/c1-23-8-10-25(11-9-23)29(26,27)16-6-7-20(22-14-16)24-12-13-28-19(15-24)17-4-2-3-5-18(17)21/h2-7,14,19H,8-13,15H2,1H3. The number of likely N-dealkylation sites (N-methyl/N-ethyl adjacent to an activating group) is 1. The monoisotopic (exact) mass is 436 g/mol. The first-order chi connectivity index (χ1) is 13.9. The summed E-state index contributed by atoms with van der Waals surface area (Å²) in [5.41, 5.74) is 0.952. The molecule has 1 atom stereocenters. The van der Waals surface area contributed by atoms with Crippen LogP contribution in [-0.4, -0.2) is 75.5 Å². The molecule has 0 N–H and O–H groups in total. The molecule has 0 spiro atoms. The minimum Gasteiger partial charge on any atom is -0.370 e. The van der Waals surface area contributed by atoms with E-state index in [1.165, 1.54) is 10.5 Å². The van der Waals surface area contributed by atoms with Gasteiger partial charge in [-0.3, -0.25) is 0 Å². The molecule has 2 fully saturated rings. The Hall–Kier alpha value is -1.71. The number of morpholine rings is 1. The lowest BCUT2D eigenvalue weighted by molar-refractivity contribution is 0.0396. The second kappa shape index (κ2) is 8.57. The average molecular weight is 437 g/mol. The van der Waals surface area contributed by atoms with Crippen LogP contribution in [0.4, 0.5) is 5.82 Å². The van der Waals surface area contributed by atoms with Crippen molar-refractivity contribution in [3.63, 3.8) is 0 Å². The average Bonchev–Trinajstić information content (AvgIpc) is 2.75. The molecule has 2 aliphatic rings. The van der Waals surface area contributed by atoms with Gasteiger partial charge in [0.25, 0.3) is 0 Å². The number of hydrogen-bond acceptors (Lipinski definition) is 6. The number of ether oxygens (including phenoxy) is 1. The fraction of sp³-hybridized carbons (Fsp3) is 0.450. The second-order valence-electron chi connectivity index (χ2n) is 7.39. The molecule has 9 heteroatoms. The number of aromatic nitrogens is 1. The van der Waals surface area contributed by atoms with Crippen molar-refractivity contribution in [2.75, 3.05) is 57.8 Å². The fourth-order valence-electron chi connectivity index (χ4n) is 3.67. The van der Waals surface area contributed by atoms with Crippen LogP contribution >= 0.6 is 11.6 Å². The topological polar surface area (TPSA) is 66.0 Å². The van der Waals surface area contributed by atoms with Gasteiger partial charge in [0.05, 0.1) is 6.61 Å². The van der Waals surface area contributed by atoms with Crippen molar-refractivity contribution in [2.45, 2.75) is 11.0 Å². The third-order valence-electron chi connectivity index (χ3n) is 5.46. The molecule has 1 aromatic heterocycles. The lowest BCUT2D eigenvalue weighted by atomic mass is 10.1. The first-order valence-electron chi connectivity index (χ1n) is 9.71. The summed E-state index contributed by atoms with van der Waals surface area (Å²) in [5, 5.41) is 0.681. The first-order valence-corrected chi connectivity index (χ1v) is 11.5. The molecule has 0 radical (unpaired) electrons. The molecule has 4 rings (SSSR count). The number of benzene rings is 1. The highest BCUT2D eigenvalue weighted by molar-refractivity contribution is 7.89. The molecule has 1 aromatic carbocycles. The molecule has 156 valence electrons. The predicted octanol–water partition coefficient (Wildman–Crippen LogP) is 2.25. The number of hydrogen-bond donors (Lipinski definition) is 0. The third-order valence-corrected chi connectivity index (χ3v) is 7.69. The van der Waals surface area contributed by atoms with Crippen LogP contribution in [0.2, 0.25) is 5.02 Å². The maximum atomic E-state index is 12.9. The van der Waals surface area contributed by atoms with Gasteiger partial charge in [-0.1, -0.05) is 29.8 Å². The highest BCUT2D eigenvalue weighted by Crippen LogP contribution is 2.30. The lowest BCUT2D eigenvalue weighted by Crippen LogP contribution is -2.47. The molecule has 7 nitrogen and oxygen atoms in total. The summed E-state index contributed by atoms with van der Waals surface area (Å²) >= 11 is 6.32. The molecular formula is C20H25ClN4O3S. The van der Waals surface area contributed by atoms with E-state index < -0.39 is 10.0 Å². The Kier molecular flexibility index (Phi) is 6.08. The maximum Gasteiger partial charge on any atom is 0.244 e. The first kappa shape index (κ1) is 20.6. The zero-order valence-electron chi connectivity index (χ0n) is 16.4. The van der Waals surface area contributed by atoms with Gasteiger partial charge in [0.1, 0.15) is 16.8 Å². The van der Waals surface area contributed by atoms with E-state index in [1.807, 2.05) is 31.3 Å². The SMILES string of the molecule is CN1CCN(S(=O)(=O)c2ccc(N3CCOC(c4ccccc4Cl)C3)nc2)CC1. The molecule has 0 amide bonds. The molecular weight excluding hydrogens is 412 g/mol. The minimum absolute atomic E-state index is 0.145. The number of anilines is 1. The van der Waals surface area contributed by atoms with E-state index in [9.17, 15) is 8.42 Å². The van der Waals surface area contributed by atoms with Crippen molar-refractivity contribution in [1.82, 2.24) is 14.2 Å². The van der Waals surface area contributed by atoms with Crippen LogP contribution in [0.3, 0.4) is 0 Å². The zero-order valence-corrected chi connectivity index (χ0v) is 17.9. The van der Waals surface area contributed by atoms with Crippen LogP contribution in [0.1, 0.15) is 11.7 Å². The molecule has 3 heterocycles. The highest BCUT2D eigenvalue weighted by Gasteiger charge is 2.29. The summed E-state index contributed by atoms with van der Waals surface area (Å²) < 4.78 is 33.2. The zero-order chi connectivity index (χ0) is 20.4. The molecule has 0 aliphatic carbocycles. The maximum absolute atomic E-state index is 12.9. The normalized spacial score (nSPS) is 22.0. The van der Waals surface area contributed by atoms with Crippen LogP contribution < -0.4 is 4.90 Å². The van der Waals surface area contributed by atoms with Gasteiger partial charge in [-0.15, -0.1) is 0 Å². The van der Waals surface area contributed by atoms with E-state index in [0.29, 0.717) is 37.8 Å². The van der Waals surface area contributed by atoms with Crippen molar-refractivity contribution in [3.8, 4) is 0 Å². The number of halogens is 1. The molecule has 2 aliphatic heterocycles. The molecule has 0 bridgehead atoms. The van der Waals surface area contributed by atoms with Crippen LogP contribution in [-0.2, 0) is 14.8 Å². The van der Waals surface area contributed by atoms with Gasteiger partial charge in [0.2, 0.25) is 10.0 Å². The van der Waals surface area contributed by atoms with Gasteiger partial charge in [0.15, 0.2) is 0 Å². The van der Waals surface area contributed by atoms with Gasteiger partial charge in [-0.25, -0.2) is 13.4 Å². The predicted molar refractivity (Wildman–Crippen MR) is 113 cm³/mol. The van der Waals surface area contributed by atoms with Gasteiger partial charge in [-0.2, -0.15) is 4.31 Å². The summed E-state index contributed by atoms with van der Waals surface area (Å²) in [5.74, 6) is 0.739. The Morgan fingerprint density at radius 1 is 1.07 bits per heavy atom.